The third kappa shape index (κ3) is 2.79. The molecule has 21 heavy (non-hydrogen) atoms. The first-order chi connectivity index (χ1) is 10.1. The highest BCUT2D eigenvalue weighted by atomic mass is 16.5. The number of rotatable bonds is 2. The van der Waals surface area contributed by atoms with Gasteiger partial charge in [0.15, 0.2) is 0 Å². The summed E-state index contributed by atoms with van der Waals surface area (Å²) in [5, 5.41) is 0. The van der Waals surface area contributed by atoms with Crippen molar-refractivity contribution in [3.63, 3.8) is 0 Å². The van der Waals surface area contributed by atoms with Crippen molar-refractivity contribution in [2.45, 2.75) is 83.3 Å². The summed E-state index contributed by atoms with van der Waals surface area (Å²) in [4.78, 5) is 0. The Hall–Kier alpha value is -0.0800. The second-order valence-corrected chi connectivity index (χ2v) is 9.07. The van der Waals surface area contributed by atoms with Crippen LogP contribution in [-0.2, 0) is 4.74 Å². The van der Waals surface area contributed by atoms with Gasteiger partial charge in [0.1, 0.15) is 0 Å². The van der Waals surface area contributed by atoms with E-state index in [1.165, 1.54) is 64.2 Å². The molecule has 0 radical (unpaired) electrons. The second-order valence-electron chi connectivity index (χ2n) is 9.07. The van der Waals surface area contributed by atoms with Crippen LogP contribution in [0.3, 0.4) is 0 Å². The first-order valence-corrected chi connectivity index (χ1v) is 9.51. The van der Waals surface area contributed by atoms with E-state index >= 15 is 0 Å². The Labute approximate surface area is 130 Å². The molecule has 2 N–H and O–H groups in total. The zero-order valence-corrected chi connectivity index (χ0v) is 13.7. The first-order valence-electron chi connectivity index (χ1n) is 9.51. The minimum atomic E-state index is 0.510. The van der Waals surface area contributed by atoms with E-state index in [2.05, 4.69) is 6.92 Å². The summed E-state index contributed by atoms with van der Waals surface area (Å²) in [7, 11) is 0. The van der Waals surface area contributed by atoms with Crippen LogP contribution in [0.4, 0.5) is 0 Å². The van der Waals surface area contributed by atoms with Gasteiger partial charge in [-0.05, 0) is 80.5 Å². The van der Waals surface area contributed by atoms with Crippen LogP contribution in [0.1, 0.15) is 71.1 Å². The molecule has 1 spiro atoms. The van der Waals surface area contributed by atoms with Crippen molar-refractivity contribution < 1.29 is 4.74 Å². The largest absolute Gasteiger partial charge is 0.378 e. The molecule has 2 atom stereocenters. The lowest BCUT2D eigenvalue weighted by Crippen LogP contribution is -2.56. The van der Waals surface area contributed by atoms with Gasteiger partial charge in [0.2, 0.25) is 0 Å². The Kier molecular flexibility index (Phi) is 3.82. The first kappa shape index (κ1) is 14.5. The fourth-order valence-corrected chi connectivity index (χ4v) is 5.99. The highest BCUT2D eigenvalue weighted by molar-refractivity contribution is 5.06. The average Bonchev–Trinajstić information content (AvgIpc) is 2.42. The highest BCUT2D eigenvalue weighted by Gasteiger charge is 2.54. The molecule has 0 aromatic rings. The van der Waals surface area contributed by atoms with Crippen LogP contribution in [0.2, 0.25) is 0 Å². The van der Waals surface area contributed by atoms with Crippen molar-refractivity contribution in [3.05, 3.63) is 0 Å². The molecular weight excluding hydrogens is 258 g/mol. The highest BCUT2D eigenvalue weighted by Crippen LogP contribution is 2.60. The molecule has 120 valence electrons. The van der Waals surface area contributed by atoms with E-state index < -0.39 is 0 Å². The van der Waals surface area contributed by atoms with Gasteiger partial charge in [-0.3, -0.25) is 0 Å². The second kappa shape index (κ2) is 5.53. The molecule has 0 aromatic carbocycles. The van der Waals surface area contributed by atoms with Gasteiger partial charge in [0.25, 0.3) is 0 Å². The van der Waals surface area contributed by atoms with Crippen molar-refractivity contribution in [2.24, 2.45) is 34.8 Å². The summed E-state index contributed by atoms with van der Waals surface area (Å²) in [5.41, 5.74) is 6.64. The van der Waals surface area contributed by atoms with Gasteiger partial charge in [-0.25, -0.2) is 0 Å². The number of nitrogens with two attached hydrogens (primary N) is 1. The van der Waals surface area contributed by atoms with Gasteiger partial charge in [-0.1, -0.05) is 19.8 Å². The predicted molar refractivity (Wildman–Crippen MR) is 86.0 cm³/mol. The van der Waals surface area contributed by atoms with Crippen LogP contribution in [0.15, 0.2) is 0 Å². The van der Waals surface area contributed by atoms with E-state index in [1.54, 1.807) is 0 Å². The molecule has 4 aliphatic rings. The molecule has 2 unspecified atom stereocenters. The van der Waals surface area contributed by atoms with E-state index in [-0.39, 0.29) is 0 Å². The summed E-state index contributed by atoms with van der Waals surface area (Å²) in [6, 6.07) is 0.510. The molecule has 0 amide bonds. The van der Waals surface area contributed by atoms with Crippen LogP contribution in [-0.4, -0.2) is 18.8 Å². The Balaban J connectivity index is 1.21. The van der Waals surface area contributed by atoms with E-state index in [0.717, 1.165) is 30.3 Å². The molecule has 3 saturated carbocycles. The van der Waals surface area contributed by atoms with Crippen LogP contribution < -0.4 is 5.73 Å². The van der Waals surface area contributed by atoms with Crippen LogP contribution in [0.5, 0.6) is 0 Å². The molecule has 4 rings (SSSR count). The molecule has 1 aliphatic heterocycles. The maximum atomic E-state index is 6.33. The van der Waals surface area contributed by atoms with Crippen molar-refractivity contribution >= 4 is 0 Å². The van der Waals surface area contributed by atoms with Crippen molar-refractivity contribution in [1.82, 2.24) is 0 Å². The quantitative estimate of drug-likeness (QED) is 0.830. The van der Waals surface area contributed by atoms with Gasteiger partial charge < -0.3 is 10.5 Å². The third-order valence-corrected chi connectivity index (χ3v) is 7.38. The van der Waals surface area contributed by atoms with Gasteiger partial charge in [0, 0.05) is 6.04 Å². The lowest BCUT2D eigenvalue weighted by molar-refractivity contribution is -0.137. The summed E-state index contributed by atoms with van der Waals surface area (Å²) >= 11 is 0. The maximum absolute atomic E-state index is 6.33. The minimum absolute atomic E-state index is 0.510. The lowest BCUT2D eigenvalue weighted by Gasteiger charge is -2.59. The van der Waals surface area contributed by atoms with Crippen LogP contribution in [0, 0.1) is 29.1 Å². The van der Waals surface area contributed by atoms with Crippen LogP contribution >= 0.6 is 0 Å². The normalized spacial score (nSPS) is 54.0. The molecule has 0 bridgehead atoms. The SMILES string of the molecule is CC1CCC(C2CCC(C3CC4(CC(N)C4)C3)OC2)CC1. The summed E-state index contributed by atoms with van der Waals surface area (Å²) in [6.45, 7) is 3.48. The minimum Gasteiger partial charge on any atom is -0.378 e. The number of hydrogen-bond acceptors (Lipinski definition) is 2. The lowest BCUT2D eigenvalue weighted by atomic mass is 9.49. The van der Waals surface area contributed by atoms with Gasteiger partial charge >= 0.3 is 0 Å². The van der Waals surface area contributed by atoms with Gasteiger partial charge in [-0.15, -0.1) is 0 Å². The standard InChI is InChI=1S/C19H33NO/c1-13-2-4-14(5-3-13)15-6-7-18(21-12-15)16-8-19(9-16)10-17(20)11-19/h13-18H,2-12,20H2,1H3. The summed E-state index contributed by atoms with van der Waals surface area (Å²) in [6.07, 6.45) is 14.6. The molecular formula is C19H33NO. The number of ether oxygens (including phenoxy) is 1. The molecule has 2 heteroatoms. The van der Waals surface area contributed by atoms with Crippen molar-refractivity contribution in [3.8, 4) is 0 Å². The molecule has 3 aliphatic carbocycles. The van der Waals surface area contributed by atoms with E-state index in [9.17, 15) is 0 Å². The molecule has 1 saturated heterocycles. The van der Waals surface area contributed by atoms with Gasteiger partial charge in [0.05, 0.1) is 12.7 Å². The summed E-state index contributed by atoms with van der Waals surface area (Å²) in [5.74, 6) is 3.68. The predicted octanol–water partition coefficient (Wildman–Crippen LogP) is 4.13. The monoisotopic (exact) mass is 291 g/mol. The van der Waals surface area contributed by atoms with E-state index in [1.807, 2.05) is 0 Å². The molecule has 4 fully saturated rings. The van der Waals surface area contributed by atoms with Crippen molar-refractivity contribution in [1.29, 1.82) is 0 Å². The Morgan fingerprint density at radius 3 is 2.05 bits per heavy atom. The van der Waals surface area contributed by atoms with Crippen LogP contribution in [0.25, 0.3) is 0 Å². The fourth-order valence-electron chi connectivity index (χ4n) is 5.99. The topological polar surface area (TPSA) is 35.2 Å². The third-order valence-electron chi connectivity index (χ3n) is 7.38. The fraction of sp³-hybridized carbons (Fsp3) is 1.00. The average molecular weight is 291 g/mol. The van der Waals surface area contributed by atoms with Crippen molar-refractivity contribution in [2.75, 3.05) is 6.61 Å². The number of hydrogen-bond donors (Lipinski definition) is 1. The Morgan fingerprint density at radius 2 is 1.48 bits per heavy atom. The molecule has 2 nitrogen and oxygen atoms in total. The Morgan fingerprint density at radius 1 is 0.810 bits per heavy atom. The zero-order chi connectivity index (χ0) is 14.4. The maximum Gasteiger partial charge on any atom is 0.0603 e. The zero-order valence-electron chi connectivity index (χ0n) is 13.7. The Bertz CT molecular complexity index is 352. The molecule has 0 aromatic heterocycles. The molecule has 1 heterocycles. The van der Waals surface area contributed by atoms with E-state index in [4.69, 9.17) is 10.5 Å². The van der Waals surface area contributed by atoms with Gasteiger partial charge in [-0.2, -0.15) is 0 Å². The summed E-state index contributed by atoms with van der Waals surface area (Å²) < 4.78 is 6.33. The smallest absolute Gasteiger partial charge is 0.0603 e. The van der Waals surface area contributed by atoms with E-state index in [0.29, 0.717) is 17.6 Å².